The van der Waals surface area contributed by atoms with Gasteiger partial charge < -0.3 is 4.90 Å². The van der Waals surface area contributed by atoms with Gasteiger partial charge in [-0.3, -0.25) is 4.79 Å². The Kier molecular flexibility index (Phi) is 6.27. The van der Waals surface area contributed by atoms with Crippen LogP contribution in [0.3, 0.4) is 0 Å². The van der Waals surface area contributed by atoms with E-state index in [2.05, 4.69) is 0 Å². The van der Waals surface area contributed by atoms with E-state index in [1.165, 1.54) is 0 Å². The summed E-state index contributed by atoms with van der Waals surface area (Å²) in [6.07, 6.45) is 6.49. The summed E-state index contributed by atoms with van der Waals surface area (Å²) in [5.41, 5.74) is 0.981. The first-order valence-corrected chi connectivity index (χ1v) is 12.1. The van der Waals surface area contributed by atoms with Crippen molar-refractivity contribution in [3.8, 4) is 0 Å². The van der Waals surface area contributed by atoms with Gasteiger partial charge in [-0.25, -0.2) is 8.42 Å². The van der Waals surface area contributed by atoms with Crippen molar-refractivity contribution in [2.24, 2.45) is 0 Å². The van der Waals surface area contributed by atoms with Crippen molar-refractivity contribution in [2.75, 3.05) is 13.1 Å². The topological polar surface area (TPSA) is 57.7 Å². The number of benzene rings is 2. The maximum atomic E-state index is 13.3. The first-order valence-electron chi connectivity index (χ1n) is 10.3. The van der Waals surface area contributed by atoms with Crippen molar-refractivity contribution in [3.63, 3.8) is 0 Å². The Labute approximate surface area is 183 Å². The molecule has 0 unspecified atom stereocenters. The number of carbonyl (C=O) groups is 1. The molecule has 30 heavy (non-hydrogen) atoms. The summed E-state index contributed by atoms with van der Waals surface area (Å²) >= 11 is 5.92. The first-order chi connectivity index (χ1) is 14.4. The third kappa shape index (κ3) is 4.77. The molecule has 0 N–H and O–H groups in total. The van der Waals surface area contributed by atoms with Gasteiger partial charge in [0.2, 0.25) is 15.9 Å². The number of likely N-dealkylation sites (tertiary alicyclic amines) is 1. The van der Waals surface area contributed by atoms with Crippen LogP contribution in [0.1, 0.15) is 31.2 Å². The summed E-state index contributed by atoms with van der Waals surface area (Å²) in [6.45, 7) is 1.12. The van der Waals surface area contributed by atoms with Crippen molar-refractivity contribution in [1.29, 1.82) is 0 Å². The lowest BCUT2D eigenvalue weighted by Gasteiger charge is -2.37. The van der Waals surface area contributed by atoms with Crippen molar-refractivity contribution >= 4 is 33.6 Å². The van der Waals surface area contributed by atoms with Crippen molar-refractivity contribution in [1.82, 2.24) is 9.21 Å². The van der Waals surface area contributed by atoms with Crippen molar-refractivity contribution < 1.29 is 13.2 Å². The second-order valence-corrected chi connectivity index (χ2v) is 10.1. The lowest BCUT2D eigenvalue weighted by molar-refractivity contribution is -0.127. The van der Waals surface area contributed by atoms with Crippen molar-refractivity contribution in [3.05, 3.63) is 71.3 Å². The minimum atomic E-state index is -3.58. The summed E-state index contributed by atoms with van der Waals surface area (Å²) in [5.74, 6) is -0.0316. The summed E-state index contributed by atoms with van der Waals surface area (Å²) in [5, 5.41) is 0.516. The molecule has 2 aromatic carbocycles. The molecule has 4 rings (SSSR count). The molecule has 1 heterocycles. The number of halogens is 1. The highest BCUT2D eigenvalue weighted by Gasteiger charge is 2.43. The highest BCUT2D eigenvalue weighted by atomic mass is 35.5. The number of piperidine rings is 1. The molecule has 0 bridgehead atoms. The van der Waals surface area contributed by atoms with Crippen LogP contribution in [0.5, 0.6) is 0 Å². The maximum Gasteiger partial charge on any atom is 0.246 e. The largest absolute Gasteiger partial charge is 0.339 e. The Morgan fingerprint density at radius 1 is 0.933 bits per heavy atom. The maximum absolute atomic E-state index is 13.3. The highest BCUT2D eigenvalue weighted by molar-refractivity contribution is 7.89. The van der Waals surface area contributed by atoms with Crippen LogP contribution in [-0.2, 0) is 14.8 Å². The van der Waals surface area contributed by atoms with Gasteiger partial charge in [0, 0.05) is 36.3 Å². The van der Waals surface area contributed by atoms with E-state index in [1.807, 2.05) is 36.4 Å². The zero-order chi connectivity index (χ0) is 21.1. The van der Waals surface area contributed by atoms with Crippen LogP contribution < -0.4 is 0 Å². The lowest BCUT2D eigenvalue weighted by Crippen LogP contribution is -2.49. The Balaban J connectivity index is 1.42. The monoisotopic (exact) mass is 444 g/mol. The molecule has 7 heteroatoms. The minimum Gasteiger partial charge on any atom is -0.339 e. The fraction of sp³-hybridized carbons (Fsp3) is 0.348. The lowest BCUT2D eigenvalue weighted by atomic mass is 10.0. The molecular formula is C23H25ClN2O3S. The highest BCUT2D eigenvalue weighted by Crippen LogP contribution is 2.37. The van der Waals surface area contributed by atoms with Gasteiger partial charge in [0.05, 0.1) is 4.90 Å². The zero-order valence-corrected chi connectivity index (χ0v) is 18.2. The average molecular weight is 445 g/mol. The normalized spacial score (nSPS) is 18.3. The predicted octanol–water partition coefficient (Wildman–Crippen LogP) is 4.20. The van der Waals surface area contributed by atoms with E-state index in [-0.39, 0.29) is 22.9 Å². The van der Waals surface area contributed by atoms with Gasteiger partial charge in [-0.2, -0.15) is 4.31 Å². The molecule has 1 saturated carbocycles. The van der Waals surface area contributed by atoms with E-state index >= 15 is 0 Å². The molecule has 2 aromatic rings. The SMILES string of the molecule is O=C(/C=C/c1ccccc1)N1CCC(N(C2CC2)S(=O)(=O)c2ccc(Cl)cc2)CC1. The number of amides is 1. The third-order valence-electron chi connectivity index (χ3n) is 5.65. The molecule has 1 saturated heterocycles. The number of hydrogen-bond acceptors (Lipinski definition) is 3. The van der Waals surface area contributed by atoms with Gasteiger partial charge in [-0.1, -0.05) is 41.9 Å². The van der Waals surface area contributed by atoms with Gasteiger partial charge in [-0.15, -0.1) is 0 Å². The van der Waals surface area contributed by atoms with Crippen molar-refractivity contribution in [2.45, 2.75) is 42.7 Å². The third-order valence-corrected chi connectivity index (χ3v) is 7.92. The van der Waals surface area contributed by atoms with Gasteiger partial charge in [0.1, 0.15) is 0 Å². The molecule has 0 radical (unpaired) electrons. The number of rotatable bonds is 6. The van der Waals surface area contributed by atoms with E-state index in [0.29, 0.717) is 31.0 Å². The molecule has 2 aliphatic rings. The van der Waals surface area contributed by atoms with Crippen LogP contribution in [0, 0.1) is 0 Å². The number of carbonyl (C=O) groups excluding carboxylic acids is 1. The summed E-state index contributed by atoms with van der Waals surface area (Å²) in [6, 6.07) is 16.0. The molecule has 1 amide bonds. The van der Waals surface area contributed by atoms with E-state index in [9.17, 15) is 13.2 Å². The molecule has 2 fully saturated rings. The Morgan fingerprint density at radius 3 is 2.13 bits per heavy atom. The molecule has 0 aromatic heterocycles. The van der Waals surface area contributed by atoms with Gasteiger partial charge >= 0.3 is 0 Å². The average Bonchev–Trinajstić information content (AvgIpc) is 3.58. The summed E-state index contributed by atoms with van der Waals surface area (Å²) in [7, 11) is -3.58. The molecule has 158 valence electrons. The second-order valence-electron chi connectivity index (χ2n) is 7.82. The second kappa shape index (κ2) is 8.92. The molecule has 5 nitrogen and oxygen atoms in total. The summed E-state index contributed by atoms with van der Waals surface area (Å²) < 4.78 is 28.3. The van der Waals surface area contributed by atoms with Crippen LogP contribution in [-0.4, -0.2) is 48.7 Å². The molecule has 1 aliphatic heterocycles. The Morgan fingerprint density at radius 2 is 1.53 bits per heavy atom. The molecule has 0 spiro atoms. The Bertz CT molecular complexity index is 1010. The molecule has 1 aliphatic carbocycles. The van der Waals surface area contributed by atoms with E-state index in [4.69, 9.17) is 11.6 Å². The predicted molar refractivity (Wildman–Crippen MR) is 119 cm³/mol. The standard InChI is InChI=1S/C23H25ClN2O3S/c24-19-7-11-22(12-8-19)30(28,29)26(20-9-10-20)21-14-16-25(17-15-21)23(27)13-6-18-4-2-1-3-5-18/h1-8,11-13,20-21H,9-10,14-17H2/b13-6+. The Hall–Kier alpha value is -2.15. The number of hydrogen-bond donors (Lipinski definition) is 0. The van der Waals surface area contributed by atoms with E-state index in [0.717, 1.165) is 18.4 Å². The van der Waals surface area contributed by atoms with E-state index in [1.54, 1.807) is 39.5 Å². The number of nitrogens with zero attached hydrogens (tertiary/aromatic N) is 2. The number of sulfonamides is 1. The van der Waals surface area contributed by atoms with Crippen LogP contribution >= 0.6 is 11.6 Å². The van der Waals surface area contributed by atoms with Crippen LogP contribution in [0.4, 0.5) is 0 Å². The molecule has 0 atom stereocenters. The van der Waals surface area contributed by atoms with Gasteiger partial charge in [0.25, 0.3) is 0 Å². The van der Waals surface area contributed by atoms with Gasteiger partial charge in [-0.05, 0) is 61.6 Å². The fourth-order valence-corrected chi connectivity index (χ4v) is 5.98. The first kappa shape index (κ1) is 21.1. The summed E-state index contributed by atoms with van der Waals surface area (Å²) in [4.78, 5) is 14.6. The van der Waals surface area contributed by atoms with Crippen LogP contribution in [0.15, 0.2) is 65.6 Å². The fourth-order valence-electron chi connectivity index (χ4n) is 3.93. The zero-order valence-electron chi connectivity index (χ0n) is 16.7. The minimum absolute atomic E-state index is 0.0316. The van der Waals surface area contributed by atoms with Crippen LogP contribution in [0.25, 0.3) is 6.08 Å². The van der Waals surface area contributed by atoms with E-state index < -0.39 is 10.0 Å². The quantitative estimate of drug-likeness (QED) is 0.627. The molecular weight excluding hydrogens is 420 g/mol. The smallest absolute Gasteiger partial charge is 0.246 e. The van der Waals surface area contributed by atoms with Gasteiger partial charge in [0.15, 0.2) is 0 Å². The van der Waals surface area contributed by atoms with Crippen LogP contribution in [0.2, 0.25) is 5.02 Å².